The third-order valence-corrected chi connectivity index (χ3v) is 10.9. The summed E-state index contributed by atoms with van der Waals surface area (Å²) in [6.07, 6.45) is 0. The number of fused-ring (bicyclic) bond motifs is 9. The second-order valence-corrected chi connectivity index (χ2v) is 13.6. The van der Waals surface area contributed by atoms with Crippen molar-refractivity contribution in [1.82, 2.24) is 13.7 Å². The van der Waals surface area contributed by atoms with Crippen LogP contribution in [0.4, 0.5) is 0 Å². The van der Waals surface area contributed by atoms with Crippen molar-refractivity contribution in [3.8, 4) is 34.3 Å². The predicted octanol–water partition coefficient (Wildman–Crippen LogP) is 12.5. The summed E-state index contributed by atoms with van der Waals surface area (Å²) in [4.78, 5) is 0. The molecule has 3 heterocycles. The van der Waals surface area contributed by atoms with E-state index >= 15 is 0 Å². The van der Waals surface area contributed by atoms with E-state index in [0.717, 1.165) is 72.1 Å². The minimum atomic E-state index is 0.617. The molecule has 0 saturated heterocycles. The van der Waals surface area contributed by atoms with Gasteiger partial charge >= 0.3 is 0 Å². The summed E-state index contributed by atoms with van der Waals surface area (Å²) < 4.78 is 7.06. The fraction of sp³-hybridized carbons (Fsp3) is 0. The van der Waals surface area contributed by atoms with Crippen LogP contribution in [-0.2, 0) is 0 Å². The minimum Gasteiger partial charge on any atom is -0.309 e. The van der Waals surface area contributed by atoms with Gasteiger partial charge in [-0.05, 0) is 60.7 Å². The highest BCUT2D eigenvalue weighted by Crippen LogP contribution is 2.44. The first-order valence-electron chi connectivity index (χ1n) is 17.9. The number of nitriles is 1. The molecule has 0 radical (unpaired) electrons. The zero-order valence-corrected chi connectivity index (χ0v) is 28.6. The molecule has 3 aromatic heterocycles. The van der Waals surface area contributed by atoms with Crippen molar-refractivity contribution in [2.75, 3.05) is 0 Å². The van der Waals surface area contributed by atoms with Gasteiger partial charge < -0.3 is 13.7 Å². The van der Waals surface area contributed by atoms with Gasteiger partial charge in [-0.2, -0.15) is 5.26 Å². The Hall–Kier alpha value is -7.35. The molecule has 0 N–H and O–H groups in total. The summed E-state index contributed by atoms with van der Waals surface area (Å²) in [5, 5.41) is 18.0. The highest BCUT2D eigenvalue weighted by atomic mass is 15.0. The van der Waals surface area contributed by atoms with Crippen LogP contribution in [0.1, 0.15) is 5.56 Å². The Morgan fingerprint density at radius 1 is 0.340 bits per heavy atom. The standard InChI is InChI=1S/C49H30N4/c50-31-32-15-14-23-39(36-20-6-12-27-45(36)52-43-25-10-4-18-34(43)35-19-5-11-26-44(35)52)49(32)53-46-28-13-8-22-38(46)41-29-40-37-21-7-9-24-42(37)51(47(40)30-48(41)53)33-16-2-1-3-17-33/h1-30H. The van der Waals surface area contributed by atoms with Gasteiger partial charge in [-0.3, -0.25) is 0 Å². The number of hydrogen-bond acceptors (Lipinski definition) is 1. The van der Waals surface area contributed by atoms with Crippen molar-refractivity contribution >= 4 is 65.4 Å². The number of hydrogen-bond donors (Lipinski definition) is 0. The molecule has 8 aromatic carbocycles. The lowest BCUT2D eigenvalue weighted by molar-refractivity contribution is 1.15. The third kappa shape index (κ3) is 4.16. The monoisotopic (exact) mass is 674 g/mol. The number of benzene rings is 8. The quantitative estimate of drug-likeness (QED) is 0.183. The molecule has 0 bridgehead atoms. The Labute approximate surface area is 305 Å². The smallest absolute Gasteiger partial charge is 0.101 e. The Morgan fingerprint density at radius 3 is 1.43 bits per heavy atom. The number of nitrogens with zero attached hydrogens (tertiary/aromatic N) is 4. The molecule has 0 fully saturated rings. The van der Waals surface area contributed by atoms with Crippen molar-refractivity contribution in [2.45, 2.75) is 0 Å². The van der Waals surface area contributed by atoms with E-state index in [1.807, 2.05) is 12.1 Å². The second kappa shape index (κ2) is 11.3. The SMILES string of the molecule is N#Cc1cccc(-c2ccccc2-n2c3ccccc3c3ccccc32)c1-n1c2ccccc2c2cc3c4ccccc4n(-c4ccccc4)c3cc21. The molecule has 11 rings (SSSR count). The van der Waals surface area contributed by atoms with E-state index in [1.54, 1.807) is 0 Å². The Balaban J connectivity index is 1.27. The molecule has 53 heavy (non-hydrogen) atoms. The van der Waals surface area contributed by atoms with Gasteiger partial charge in [0.2, 0.25) is 0 Å². The summed E-state index contributed by atoms with van der Waals surface area (Å²) in [6, 6.07) is 67.1. The fourth-order valence-corrected chi connectivity index (χ4v) is 8.70. The first-order valence-corrected chi connectivity index (χ1v) is 17.9. The lowest BCUT2D eigenvalue weighted by Gasteiger charge is -2.19. The summed E-state index contributed by atoms with van der Waals surface area (Å²) >= 11 is 0. The molecule has 4 heteroatoms. The Morgan fingerprint density at radius 2 is 0.811 bits per heavy atom. The van der Waals surface area contributed by atoms with Crippen LogP contribution in [0.3, 0.4) is 0 Å². The lowest BCUT2D eigenvalue weighted by atomic mass is 9.98. The maximum absolute atomic E-state index is 10.9. The first-order chi connectivity index (χ1) is 26.3. The van der Waals surface area contributed by atoms with Crippen molar-refractivity contribution in [1.29, 1.82) is 5.26 Å². The molecular weight excluding hydrogens is 645 g/mol. The fourth-order valence-electron chi connectivity index (χ4n) is 8.70. The maximum Gasteiger partial charge on any atom is 0.101 e. The van der Waals surface area contributed by atoms with Crippen LogP contribution in [0.15, 0.2) is 182 Å². The topological polar surface area (TPSA) is 38.6 Å². The average Bonchev–Trinajstić information content (AvgIpc) is 3.85. The van der Waals surface area contributed by atoms with Gasteiger partial charge in [0, 0.05) is 49.1 Å². The van der Waals surface area contributed by atoms with E-state index < -0.39 is 0 Å². The molecule has 11 aromatic rings. The summed E-state index contributed by atoms with van der Waals surface area (Å²) in [7, 11) is 0. The van der Waals surface area contributed by atoms with Crippen molar-refractivity contribution < 1.29 is 0 Å². The molecule has 0 unspecified atom stereocenters. The summed E-state index contributed by atoms with van der Waals surface area (Å²) in [5.41, 5.74) is 12.4. The molecule has 246 valence electrons. The van der Waals surface area contributed by atoms with Gasteiger partial charge in [0.05, 0.1) is 50.0 Å². The van der Waals surface area contributed by atoms with Crippen LogP contribution >= 0.6 is 0 Å². The van der Waals surface area contributed by atoms with Crippen LogP contribution in [0.25, 0.3) is 93.6 Å². The summed E-state index contributed by atoms with van der Waals surface area (Å²) in [5.74, 6) is 0. The Bertz CT molecular complexity index is 3240. The minimum absolute atomic E-state index is 0.617. The van der Waals surface area contributed by atoms with Crippen LogP contribution in [-0.4, -0.2) is 13.7 Å². The van der Waals surface area contributed by atoms with E-state index in [9.17, 15) is 5.26 Å². The van der Waals surface area contributed by atoms with E-state index in [0.29, 0.717) is 5.56 Å². The van der Waals surface area contributed by atoms with E-state index in [4.69, 9.17) is 0 Å². The largest absolute Gasteiger partial charge is 0.309 e. The molecule has 0 aliphatic rings. The highest BCUT2D eigenvalue weighted by Gasteiger charge is 2.23. The number of aromatic nitrogens is 3. The van der Waals surface area contributed by atoms with Crippen LogP contribution < -0.4 is 0 Å². The lowest BCUT2D eigenvalue weighted by Crippen LogP contribution is -2.03. The van der Waals surface area contributed by atoms with Gasteiger partial charge in [-0.15, -0.1) is 0 Å². The normalized spacial score (nSPS) is 11.8. The van der Waals surface area contributed by atoms with Gasteiger partial charge in [-0.25, -0.2) is 0 Å². The highest BCUT2D eigenvalue weighted by molar-refractivity contribution is 6.19. The average molecular weight is 675 g/mol. The molecule has 0 aliphatic heterocycles. The molecule has 0 amide bonds. The first kappa shape index (κ1) is 29.4. The second-order valence-electron chi connectivity index (χ2n) is 13.6. The number of para-hydroxylation sites is 7. The molecule has 0 saturated carbocycles. The zero-order valence-electron chi connectivity index (χ0n) is 28.6. The van der Waals surface area contributed by atoms with Crippen molar-refractivity contribution in [2.24, 2.45) is 0 Å². The molecule has 0 aliphatic carbocycles. The van der Waals surface area contributed by atoms with Crippen LogP contribution in [0.5, 0.6) is 0 Å². The van der Waals surface area contributed by atoms with Crippen LogP contribution in [0.2, 0.25) is 0 Å². The molecule has 0 spiro atoms. The summed E-state index contributed by atoms with van der Waals surface area (Å²) in [6.45, 7) is 0. The maximum atomic E-state index is 10.9. The van der Waals surface area contributed by atoms with Crippen LogP contribution in [0, 0.1) is 11.3 Å². The van der Waals surface area contributed by atoms with Crippen molar-refractivity contribution in [3.05, 3.63) is 188 Å². The van der Waals surface area contributed by atoms with E-state index in [2.05, 4.69) is 190 Å². The molecule has 4 nitrogen and oxygen atoms in total. The Kier molecular flexibility index (Phi) is 6.28. The van der Waals surface area contributed by atoms with Gasteiger partial charge in [0.25, 0.3) is 0 Å². The van der Waals surface area contributed by atoms with Gasteiger partial charge in [0.1, 0.15) is 6.07 Å². The predicted molar refractivity (Wildman–Crippen MR) is 220 cm³/mol. The van der Waals surface area contributed by atoms with E-state index in [1.165, 1.54) is 21.5 Å². The van der Waals surface area contributed by atoms with Crippen molar-refractivity contribution in [3.63, 3.8) is 0 Å². The third-order valence-electron chi connectivity index (χ3n) is 10.9. The van der Waals surface area contributed by atoms with Gasteiger partial charge in [-0.1, -0.05) is 121 Å². The molecular formula is C49H30N4. The van der Waals surface area contributed by atoms with Gasteiger partial charge in [0.15, 0.2) is 0 Å². The molecule has 0 atom stereocenters. The zero-order chi connectivity index (χ0) is 35.0. The number of rotatable bonds is 4. The van der Waals surface area contributed by atoms with E-state index in [-0.39, 0.29) is 0 Å².